The lowest BCUT2D eigenvalue weighted by Gasteiger charge is -2.19. The van der Waals surface area contributed by atoms with E-state index in [1.807, 2.05) is 0 Å². The number of aromatic nitrogens is 2. The van der Waals surface area contributed by atoms with Crippen molar-refractivity contribution >= 4 is 28.3 Å². The fraction of sp³-hybridized carbons (Fsp3) is 0.333. The van der Waals surface area contributed by atoms with Crippen molar-refractivity contribution < 1.29 is 14.3 Å². The quantitative estimate of drug-likeness (QED) is 0.763. The molecule has 2 amide bonds. The average Bonchev–Trinajstić information content (AvgIpc) is 2.83. The Hall–Kier alpha value is -2.42. The monoisotopic (exact) mass is 310 g/mol. The lowest BCUT2D eigenvalue weighted by Crippen LogP contribution is -2.45. The van der Waals surface area contributed by atoms with Crippen LogP contribution >= 0.6 is 11.3 Å². The molecule has 8 nitrogen and oxygen atoms in total. The van der Waals surface area contributed by atoms with Gasteiger partial charge in [-0.05, 0) is 20.8 Å². The third kappa shape index (κ3) is 3.57. The number of hydrogen-bond acceptors (Lipinski definition) is 6. The van der Waals surface area contributed by atoms with Crippen LogP contribution in [0.4, 0.5) is 4.79 Å². The van der Waals surface area contributed by atoms with Crippen molar-refractivity contribution in [3.63, 3.8) is 0 Å². The maximum Gasteiger partial charge on any atom is 0.426 e. The van der Waals surface area contributed by atoms with Crippen molar-refractivity contribution in [1.29, 1.82) is 0 Å². The molecule has 0 saturated carbocycles. The van der Waals surface area contributed by atoms with Gasteiger partial charge in [0.15, 0.2) is 4.96 Å². The van der Waals surface area contributed by atoms with Gasteiger partial charge in [-0.1, -0.05) is 0 Å². The highest BCUT2D eigenvalue weighted by atomic mass is 32.1. The molecule has 0 radical (unpaired) electrons. The molecule has 0 unspecified atom stereocenters. The first-order chi connectivity index (χ1) is 9.78. The minimum absolute atomic E-state index is 0.179. The highest BCUT2D eigenvalue weighted by Gasteiger charge is 2.18. The van der Waals surface area contributed by atoms with Gasteiger partial charge in [-0.25, -0.2) is 15.2 Å². The van der Waals surface area contributed by atoms with E-state index in [4.69, 9.17) is 4.74 Å². The van der Waals surface area contributed by atoms with Gasteiger partial charge in [0.2, 0.25) is 0 Å². The number of nitrogens with one attached hydrogen (secondary N) is 2. The summed E-state index contributed by atoms with van der Waals surface area (Å²) in [6, 6.07) is 0. The van der Waals surface area contributed by atoms with Crippen molar-refractivity contribution in [1.82, 2.24) is 20.2 Å². The van der Waals surface area contributed by atoms with Crippen molar-refractivity contribution in [3.8, 4) is 0 Å². The van der Waals surface area contributed by atoms with E-state index in [9.17, 15) is 14.4 Å². The topological polar surface area (TPSA) is 102 Å². The largest absolute Gasteiger partial charge is 0.443 e. The van der Waals surface area contributed by atoms with E-state index in [0.29, 0.717) is 4.96 Å². The van der Waals surface area contributed by atoms with E-state index in [0.717, 1.165) is 0 Å². The Bertz CT molecular complexity index is 744. The second-order valence-corrected chi connectivity index (χ2v) is 5.99. The molecule has 2 aromatic heterocycles. The van der Waals surface area contributed by atoms with Crippen LogP contribution in [0.3, 0.4) is 0 Å². The first-order valence-electron chi connectivity index (χ1n) is 6.02. The number of ether oxygens (including phenoxy) is 1. The maximum atomic E-state index is 12.0. The lowest BCUT2D eigenvalue weighted by molar-refractivity contribution is 0.0483. The van der Waals surface area contributed by atoms with E-state index in [2.05, 4.69) is 15.8 Å². The lowest BCUT2D eigenvalue weighted by atomic mass is 10.2. The summed E-state index contributed by atoms with van der Waals surface area (Å²) in [5.74, 6) is -0.765. The molecule has 0 atom stereocenters. The molecular weight excluding hydrogens is 296 g/mol. The van der Waals surface area contributed by atoms with Crippen LogP contribution in [0.1, 0.15) is 31.1 Å². The number of amides is 2. The van der Waals surface area contributed by atoms with Crippen LogP contribution in [0, 0.1) is 0 Å². The van der Waals surface area contributed by atoms with Crippen molar-refractivity contribution in [2.45, 2.75) is 26.4 Å². The van der Waals surface area contributed by atoms with E-state index in [-0.39, 0.29) is 5.56 Å². The molecule has 21 heavy (non-hydrogen) atoms. The number of fused-ring (bicyclic) bond motifs is 1. The molecular formula is C12H14N4O4S. The Labute approximate surface area is 123 Å². The fourth-order valence-corrected chi connectivity index (χ4v) is 2.13. The summed E-state index contributed by atoms with van der Waals surface area (Å²) in [6.07, 6.45) is 1.87. The Kier molecular flexibility index (Phi) is 3.94. The summed E-state index contributed by atoms with van der Waals surface area (Å²) in [6.45, 7) is 5.07. The SMILES string of the molecule is CC(C)(C)OC(=O)NNC(=O)c1cnc2sccn2c1=O. The highest BCUT2D eigenvalue weighted by Crippen LogP contribution is 2.06. The Morgan fingerprint density at radius 3 is 2.71 bits per heavy atom. The molecule has 0 spiro atoms. The van der Waals surface area contributed by atoms with Crippen molar-refractivity contribution in [2.75, 3.05) is 0 Å². The van der Waals surface area contributed by atoms with Gasteiger partial charge in [-0.2, -0.15) is 0 Å². The van der Waals surface area contributed by atoms with Crippen LogP contribution < -0.4 is 16.4 Å². The standard InChI is InChI=1S/C12H14N4O4S/c1-12(2,3)20-11(19)15-14-8(17)7-6-13-10-16(9(7)18)4-5-21-10/h4-6H,1-3H3,(H,14,17)(H,15,19). The normalized spacial score (nSPS) is 11.2. The zero-order valence-corrected chi connectivity index (χ0v) is 12.5. The number of rotatable bonds is 1. The highest BCUT2D eigenvalue weighted by molar-refractivity contribution is 7.15. The van der Waals surface area contributed by atoms with Crippen LogP contribution in [0.15, 0.2) is 22.6 Å². The third-order valence-electron chi connectivity index (χ3n) is 2.26. The molecule has 0 saturated heterocycles. The molecule has 112 valence electrons. The van der Waals surface area contributed by atoms with Crippen LogP contribution in [0.25, 0.3) is 4.96 Å². The minimum atomic E-state index is -0.819. The van der Waals surface area contributed by atoms with Gasteiger partial charge in [0.05, 0.1) is 0 Å². The summed E-state index contributed by atoms with van der Waals surface area (Å²) in [5.41, 5.74) is 2.80. The summed E-state index contributed by atoms with van der Waals surface area (Å²) < 4.78 is 6.21. The molecule has 0 bridgehead atoms. The average molecular weight is 310 g/mol. The molecule has 9 heteroatoms. The molecule has 0 aliphatic heterocycles. The van der Waals surface area contributed by atoms with E-state index in [1.54, 1.807) is 26.2 Å². The number of carbonyl (C=O) groups is 2. The fourth-order valence-electron chi connectivity index (χ4n) is 1.46. The van der Waals surface area contributed by atoms with Crippen LogP contribution in [0.5, 0.6) is 0 Å². The number of thiazole rings is 1. The smallest absolute Gasteiger partial charge is 0.426 e. The van der Waals surface area contributed by atoms with Crippen molar-refractivity contribution in [2.24, 2.45) is 0 Å². The second-order valence-electron chi connectivity index (χ2n) is 5.11. The molecule has 2 N–H and O–H groups in total. The molecule has 2 rings (SSSR count). The predicted molar refractivity (Wildman–Crippen MR) is 76.2 cm³/mol. The zero-order valence-electron chi connectivity index (χ0n) is 11.7. The van der Waals surface area contributed by atoms with Gasteiger partial charge in [-0.15, -0.1) is 11.3 Å². The van der Waals surface area contributed by atoms with Crippen LogP contribution in [-0.2, 0) is 4.74 Å². The first-order valence-corrected chi connectivity index (χ1v) is 6.90. The summed E-state index contributed by atoms with van der Waals surface area (Å²) >= 11 is 1.28. The van der Waals surface area contributed by atoms with E-state index < -0.39 is 23.2 Å². The summed E-state index contributed by atoms with van der Waals surface area (Å²) in [5, 5.41) is 1.68. The molecule has 0 aliphatic rings. The molecule has 0 fully saturated rings. The van der Waals surface area contributed by atoms with Gasteiger partial charge in [0, 0.05) is 17.8 Å². The number of hydrazine groups is 1. The summed E-state index contributed by atoms with van der Waals surface area (Å²) in [7, 11) is 0. The van der Waals surface area contributed by atoms with Gasteiger partial charge < -0.3 is 4.74 Å². The van der Waals surface area contributed by atoms with Gasteiger partial charge in [0.1, 0.15) is 11.2 Å². The second kappa shape index (κ2) is 5.52. The number of carbonyl (C=O) groups excluding carboxylic acids is 2. The Morgan fingerprint density at radius 2 is 2.05 bits per heavy atom. The Balaban J connectivity index is 2.07. The maximum absolute atomic E-state index is 12.0. The van der Waals surface area contributed by atoms with E-state index >= 15 is 0 Å². The van der Waals surface area contributed by atoms with Crippen LogP contribution in [-0.4, -0.2) is 27.0 Å². The number of nitrogens with zero attached hydrogens (tertiary/aromatic N) is 2. The molecule has 0 aromatic carbocycles. The van der Waals surface area contributed by atoms with Crippen molar-refractivity contribution in [3.05, 3.63) is 33.7 Å². The summed E-state index contributed by atoms with van der Waals surface area (Å²) in [4.78, 5) is 39.8. The predicted octanol–water partition coefficient (Wildman–Crippen LogP) is 0.925. The first kappa shape index (κ1) is 15.0. The molecule has 2 aromatic rings. The van der Waals surface area contributed by atoms with Gasteiger partial charge in [0.25, 0.3) is 11.5 Å². The van der Waals surface area contributed by atoms with Gasteiger partial charge in [-0.3, -0.25) is 19.4 Å². The van der Waals surface area contributed by atoms with E-state index in [1.165, 1.54) is 28.1 Å². The van der Waals surface area contributed by atoms with Gasteiger partial charge >= 0.3 is 6.09 Å². The number of hydrogen-bond donors (Lipinski definition) is 2. The zero-order chi connectivity index (χ0) is 15.6. The third-order valence-corrected chi connectivity index (χ3v) is 3.04. The minimum Gasteiger partial charge on any atom is -0.443 e. The Morgan fingerprint density at radius 1 is 1.33 bits per heavy atom. The van der Waals surface area contributed by atoms with Crippen LogP contribution in [0.2, 0.25) is 0 Å². The molecule has 0 aliphatic carbocycles. The molecule has 2 heterocycles.